The molecule has 53 heavy (non-hydrogen) atoms. The molecule has 3 heterocycles. The second-order valence-corrected chi connectivity index (χ2v) is 16.9. The normalized spacial score (nSPS) is 29.8. The molecule has 4 fully saturated rings. The summed E-state index contributed by atoms with van der Waals surface area (Å²) >= 11 is 2.21. The molecule has 1 spiro atoms. The number of hydrogen-bond acceptors (Lipinski definition) is 12. The summed E-state index contributed by atoms with van der Waals surface area (Å²) in [7, 11) is 0. The maximum Gasteiger partial charge on any atom is 0.327 e. The van der Waals surface area contributed by atoms with E-state index in [1.54, 1.807) is 20.8 Å². The van der Waals surface area contributed by atoms with Crippen LogP contribution in [-0.4, -0.2) is 106 Å². The number of aliphatic hydroxyl groups excluding tert-OH is 2. The number of hydroxylamine groups is 2. The van der Waals surface area contributed by atoms with Gasteiger partial charge in [0.15, 0.2) is 11.8 Å². The van der Waals surface area contributed by atoms with E-state index in [2.05, 4.69) is 33.2 Å². The van der Waals surface area contributed by atoms with E-state index in [0.29, 0.717) is 12.8 Å². The summed E-state index contributed by atoms with van der Waals surface area (Å²) in [6.07, 6.45) is -3.80. The monoisotopic (exact) mass is 847 g/mol. The lowest BCUT2D eigenvalue weighted by Crippen LogP contribution is -2.71. The molecular formula is C38H46IN3O11. The van der Waals surface area contributed by atoms with Gasteiger partial charge in [-0.05, 0) is 79.5 Å². The SMILES string of the molecule is CC(O)C(NC(=O)C12CC3OC(=O)C1N(Cc1ccccc1I)OC2C1OC2(Cc4ccccc4C2)OC31)C(=O)NC(CO)CCC(=O)OC(C)(C)C. The van der Waals surface area contributed by atoms with Crippen LogP contribution in [0.25, 0.3) is 0 Å². The van der Waals surface area contributed by atoms with E-state index in [-0.39, 0.29) is 25.8 Å². The van der Waals surface area contributed by atoms with Crippen molar-refractivity contribution in [2.75, 3.05) is 6.61 Å². The number of rotatable bonds is 11. The van der Waals surface area contributed by atoms with Crippen LogP contribution in [-0.2, 0) is 62.3 Å². The Balaban J connectivity index is 1.16. The number of nitrogens with zero attached hydrogens (tertiary/aromatic N) is 1. The van der Waals surface area contributed by atoms with Gasteiger partial charge in [0.05, 0.1) is 25.3 Å². The zero-order chi connectivity index (χ0) is 37.9. The Kier molecular flexibility index (Phi) is 10.4. The fourth-order valence-electron chi connectivity index (χ4n) is 8.42. The molecule has 2 bridgehead atoms. The number of carbonyl (C=O) groups is 4. The molecule has 5 aliphatic rings. The van der Waals surface area contributed by atoms with Crippen molar-refractivity contribution >= 4 is 46.3 Å². The lowest BCUT2D eigenvalue weighted by Gasteiger charge is -2.49. The molecule has 3 aliphatic heterocycles. The first-order chi connectivity index (χ1) is 25.1. The lowest BCUT2D eigenvalue weighted by molar-refractivity contribution is -0.217. The van der Waals surface area contributed by atoms with Crippen LogP contribution < -0.4 is 10.6 Å². The van der Waals surface area contributed by atoms with E-state index in [1.807, 2.05) is 48.5 Å². The first-order valence-electron chi connectivity index (χ1n) is 18.0. The van der Waals surface area contributed by atoms with Crippen LogP contribution in [0, 0.1) is 8.99 Å². The Morgan fingerprint density at radius 3 is 2.34 bits per heavy atom. The third-order valence-electron chi connectivity index (χ3n) is 10.7. The molecule has 14 nitrogen and oxygen atoms in total. The highest BCUT2D eigenvalue weighted by molar-refractivity contribution is 14.1. The summed E-state index contributed by atoms with van der Waals surface area (Å²) in [4.78, 5) is 61.6. The van der Waals surface area contributed by atoms with Crippen molar-refractivity contribution in [2.45, 2.75) is 126 Å². The van der Waals surface area contributed by atoms with Crippen molar-refractivity contribution in [2.24, 2.45) is 5.41 Å². The minimum absolute atomic E-state index is 0.0269. The van der Waals surface area contributed by atoms with Crippen LogP contribution in [0.1, 0.15) is 63.6 Å². The number of carbonyl (C=O) groups excluding carboxylic acids is 4. The molecule has 3 saturated heterocycles. The summed E-state index contributed by atoms with van der Waals surface area (Å²) in [5, 5.41) is 27.8. The first kappa shape index (κ1) is 38.1. The van der Waals surface area contributed by atoms with Gasteiger partial charge in [-0.2, -0.15) is 5.06 Å². The Morgan fingerprint density at radius 1 is 1.04 bits per heavy atom. The molecule has 2 aromatic carbocycles. The molecule has 2 aliphatic carbocycles. The summed E-state index contributed by atoms with van der Waals surface area (Å²) < 4.78 is 25.8. The molecule has 7 rings (SSSR count). The van der Waals surface area contributed by atoms with Crippen LogP contribution in [0.3, 0.4) is 0 Å². The van der Waals surface area contributed by atoms with Gasteiger partial charge in [0.2, 0.25) is 11.8 Å². The van der Waals surface area contributed by atoms with Crippen LogP contribution >= 0.6 is 22.6 Å². The van der Waals surface area contributed by atoms with Gasteiger partial charge in [0, 0.05) is 29.3 Å². The highest BCUT2D eigenvalue weighted by Crippen LogP contribution is 2.58. The molecule has 1 saturated carbocycles. The molecule has 2 amide bonds. The number of hydrogen-bond donors (Lipinski definition) is 4. The Bertz CT molecular complexity index is 1740. The van der Waals surface area contributed by atoms with E-state index < -0.39 is 95.8 Å². The van der Waals surface area contributed by atoms with E-state index in [1.165, 1.54) is 12.0 Å². The van der Waals surface area contributed by atoms with E-state index in [0.717, 1.165) is 20.3 Å². The molecule has 4 N–H and O–H groups in total. The van der Waals surface area contributed by atoms with Crippen LogP contribution in [0.4, 0.5) is 0 Å². The largest absolute Gasteiger partial charge is 0.460 e. The first-order valence-corrected chi connectivity index (χ1v) is 19.1. The van der Waals surface area contributed by atoms with Crippen molar-refractivity contribution in [3.8, 4) is 0 Å². The van der Waals surface area contributed by atoms with Crippen LogP contribution in [0.5, 0.6) is 0 Å². The summed E-state index contributed by atoms with van der Waals surface area (Å²) in [5.41, 5.74) is 0.741. The van der Waals surface area contributed by atoms with E-state index in [9.17, 15) is 29.4 Å². The van der Waals surface area contributed by atoms with Crippen molar-refractivity contribution < 1.29 is 53.2 Å². The van der Waals surface area contributed by atoms with E-state index in [4.69, 9.17) is 23.8 Å². The molecule has 286 valence electrons. The summed E-state index contributed by atoms with van der Waals surface area (Å²) in [6, 6.07) is 12.0. The standard InChI is InChI=1S/C38H46IN3O11/c1-20(44)28(33(46)40-24(19-43)13-14-27(45)50-36(2,3)4)41-35(48)38-17-26-29-30(52-37(51-29)15-21-9-5-6-10-22(21)16-37)32(38)53-42(31(38)34(47)49-26)18-23-11-7-8-12-25(23)39/h5-12,20,24,26,28-32,43-44H,13-19H2,1-4H3,(H,40,46)(H,41,48). The molecule has 0 radical (unpaired) electrons. The van der Waals surface area contributed by atoms with Gasteiger partial charge in [-0.1, -0.05) is 42.5 Å². The predicted molar refractivity (Wildman–Crippen MR) is 194 cm³/mol. The maximum absolute atomic E-state index is 14.9. The van der Waals surface area contributed by atoms with Crippen molar-refractivity contribution in [1.29, 1.82) is 0 Å². The molecular weight excluding hydrogens is 801 g/mol. The molecule has 15 heteroatoms. The van der Waals surface area contributed by atoms with Gasteiger partial charge in [0.25, 0.3) is 0 Å². The second kappa shape index (κ2) is 14.5. The Morgan fingerprint density at radius 2 is 1.70 bits per heavy atom. The summed E-state index contributed by atoms with van der Waals surface area (Å²) in [6.45, 7) is 6.23. The minimum Gasteiger partial charge on any atom is -0.460 e. The Hall–Kier alpha value is -3.19. The number of benzene rings is 2. The fourth-order valence-corrected chi connectivity index (χ4v) is 8.98. The zero-order valence-corrected chi connectivity index (χ0v) is 32.2. The Labute approximate surface area is 321 Å². The number of aliphatic hydroxyl groups is 2. The number of amides is 2. The third kappa shape index (κ3) is 7.21. The van der Waals surface area contributed by atoms with Gasteiger partial charge in [-0.15, -0.1) is 0 Å². The van der Waals surface area contributed by atoms with Crippen molar-refractivity contribution in [1.82, 2.24) is 15.7 Å². The molecule has 2 aromatic rings. The highest BCUT2D eigenvalue weighted by Gasteiger charge is 2.76. The quantitative estimate of drug-likeness (QED) is 0.191. The molecule has 9 atom stereocenters. The highest BCUT2D eigenvalue weighted by atomic mass is 127. The zero-order valence-electron chi connectivity index (χ0n) is 30.1. The number of esters is 2. The van der Waals surface area contributed by atoms with Crippen molar-refractivity contribution in [3.05, 3.63) is 68.8 Å². The second-order valence-electron chi connectivity index (χ2n) is 15.7. The van der Waals surface area contributed by atoms with Gasteiger partial charge >= 0.3 is 11.9 Å². The average Bonchev–Trinajstić information content (AvgIpc) is 3.76. The van der Waals surface area contributed by atoms with Gasteiger partial charge in [-0.3, -0.25) is 24.0 Å². The topological polar surface area (TPSA) is 182 Å². The van der Waals surface area contributed by atoms with E-state index >= 15 is 0 Å². The summed E-state index contributed by atoms with van der Waals surface area (Å²) in [5.74, 6) is -3.66. The van der Waals surface area contributed by atoms with Crippen LogP contribution in [0.2, 0.25) is 0 Å². The minimum atomic E-state index is -1.59. The van der Waals surface area contributed by atoms with Gasteiger partial charge in [-0.25, -0.2) is 0 Å². The van der Waals surface area contributed by atoms with Crippen LogP contribution in [0.15, 0.2) is 48.5 Å². The molecule has 0 aromatic heterocycles. The lowest BCUT2D eigenvalue weighted by atomic mass is 9.62. The average molecular weight is 848 g/mol. The number of fused-ring (bicyclic) bond motifs is 5. The molecule has 9 unspecified atom stereocenters. The number of ether oxygens (including phenoxy) is 4. The van der Waals surface area contributed by atoms with Gasteiger partial charge in [0.1, 0.15) is 41.5 Å². The smallest absolute Gasteiger partial charge is 0.327 e. The number of halogens is 1. The van der Waals surface area contributed by atoms with Gasteiger partial charge < -0.3 is 39.8 Å². The third-order valence-corrected chi connectivity index (χ3v) is 11.8. The maximum atomic E-state index is 14.9. The number of nitrogens with one attached hydrogen (secondary N) is 2. The fraction of sp³-hybridized carbons (Fsp3) is 0.579. The predicted octanol–water partition coefficient (Wildman–Crippen LogP) is 1.83. The van der Waals surface area contributed by atoms with Crippen molar-refractivity contribution in [3.63, 3.8) is 0 Å².